The van der Waals surface area contributed by atoms with Crippen LogP contribution in [-0.2, 0) is 16.0 Å². The van der Waals surface area contributed by atoms with Crippen molar-refractivity contribution in [3.05, 3.63) is 60.2 Å². The van der Waals surface area contributed by atoms with E-state index in [4.69, 9.17) is 4.74 Å². The molecular formula is C17H14O2. The van der Waals surface area contributed by atoms with Gasteiger partial charge in [-0.1, -0.05) is 48.5 Å². The largest absolute Gasteiger partial charge is 0.468 e. The molecule has 0 aliphatic heterocycles. The van der Waals surface area contributed by atoms with E-state index in [9.17, 15) is 4.79 Å². The second-order valence-corrected chi connectivity index (χ2v) is 4.51. The summed E-state index contributed by atoms with van der Waals surface area (Å²) in [5.41, 5.74) is 1.25. The fourth-order valence-corrected chi connectivity index (χ4v) is 2.59. The molecule has 0 fully saturated rings. The van der Waals surface area contributed by atoms with Gasteiger partial charge < -0.3 is 4.74 Å². The summed E-state index contributed by atoms with van der Waals surface area (Å²) in [6, 6.07) is 18.9. The third-order valence-corrected chi connectivity index (χ3v) is 3.42. The molecule has 0 aliphatic rings. The van der Waals surface area contributed by atoms with Crippen LogP contribution < -0.4 is 0 Å². The Labute approximate surface area is 111 Å². The van der Waals surface area contributed by atoms with E-state index >= 15 is 0 Å². The molecule has 19 heavy (non-hydrogen) atoms. The topological polar surface area (TPSA) is 26.3 Å². The highest BCUT2D eigenvalue weighted by atomic mass is 16.5. The number of fused-ring (bicyclic) bond motifs is 2. The summed E-state index contributed by atoms with van der Waals surface area (Å²) in [7, 11) is 0. The quantitative estimate of drug-likeness (QED) is 0.401. The van der Waals surface area contributed by atoms with Crippen LogP contribution in [0.15, 0.2) is 54.6 Å². The lowest BCUT2D eigenvalue weighted by Crippen LogP contribution is -1.98. The van der Waals surface area contributed by atoms with Crippen molar-refractivity contribution < 1.29 is 9.53 Å². The molecule has 0 aromatic heterocycles. The molecule has 0 heterocycles. The molecule has 3 aromatic rings. The zero-order valence-corrected chi connectivity index (χ0v) is 10.5. The first-order valence-electron chi connectivity index (χ1n) is 6.35. The summed E-state index contributed by atoms with van der Waals surface area (Å²) in [6.45, 7) is 0.925. The molecule has 0 unspecified atom stereocenters. The zero-order valence-electron chi connectivity index (χ0n) is 10.5. The van der Waals surface area contributed by atoms with E-state index in [1.807, 2.05) is 24.3 Å². The van der Waals surface area contributed by atoms with Gasteiger partial charge >= 0.3 is 0 Å². The number of benzene rings is 3. The number of ether oxygens (including phenoxy) is 1. The van der Waals surface area contributed by atoms with Crippen molar-refractivity contribution >= 4 is 28.0 Å². The van der Waals surface area contributed by atoms with Crippen molar-refractivity contribution in [1.82, 2.24) is 0 Å². The van der Waals surface area contributed by atoms with E-state index in [-0.39, 0.29) is 0 Å². The average molecular weight is 250 g/mol. The first-order chi connectivity index (χ1) is 9.40. The Balaban J connectivity index is 2.23. The summed E-state index contributed by atoms with van der Waals surface area (Å²) in [5.74, 6) is 0. The van der Waals surface area contributed by atoms with Crippen LogP contribution in [0.5, 0.6) is 0 Å². The molecule has 0 radical (unpaired) electrons. The lowest BCUT2D eigenvalue weighted by atomic mass is 9.95. The smallest absolute Gasteiger partial charge is 0.293 e. The van der Waals surface area contributed by atoms with E-state index in [2.05, 4.69) is 30.3 Å². The molecule has 94 valence electrons. The maximum Gasteiger partial charge on any atom is 0.293 e. The standard InChI is InChI=1S/C17H14O2/c18-12-19-10-9-17-15-7-3-1-5-13(15)11-14-6-2-4-8-16(14)17/h1-8,11-12H,9-10H2. The van der Waals surface area contributed by atoms with Gasteiger partial charge in [0.25, 0.3) is 6.47 Å². The van der Waals surface area contributed by atoms with E-state index in [1.54, 1.807) is 0 Å². The summed E-state index contributed by atoms with van der Waals surface area (Å²) < 4.78 is 4.85. The predicted octanol–water partition coefficient (Wildman–Crippen LogP) is 3.71. The van der Waals surface area contributed by atoms with Crippen LogP contribution in [0.1, 0.15) is 5.56 Å². The van der Waals surface area contributed by atoms with Gasteiger partial charge in [0.05, 0.1) is 6.61 Å². The fourth-order valence-electron chi connectivity index (χ4n) is 2.59. The Kier molecular flexibility index (Phi) is 3.15. The van der Waals surface area contributed by atoms with Gasteiger partial charge in [-0.25, -0.2) is 0 Å². The molecule has 3 aromatic carbocycles. The van der Waals surface area contributed by atoms with Crippen LogP contribution in [0.4, 0.5) is 0 Å². The molecule has 3 rings (SSSR count). The average Bonchev–Trinajstić information content (AvgIpc) is 2.46. The Morgan fingerprint density at radius 1 is 0.895 bits per heavy atom. The summed E-state index contributed by atoms with van der Waals surface area (Å²) in [5, 5.41) is 4.91. The van der Waals surface area contributed by atoms with Gasteiger partial charge in [0, 0.05) is 6.42 Å². The summed E-state index contributed by atoms with van der Waals surface area (Å²) in [6.07, 6.45) is 0.737. The molecule has 0 amide bonds. The van der Waals surface area contributed by atoms with Crippen LogP contribution in [-0.4, -0.2) is 13.1 Å². The Bertz CT molecular complexity index is 677. The van der Waals surface area contributed by atoms with E-state index in [0.29, 0.717) is 13.1 Å². The third kappa shape index (κ3) is 2.17. The Morgan fingerprint density at radius 2 is 1.47 bits per heavy atom. The molecule has 0 bridgehead atoms. The fraction of sp³-hybridized carbons (Fsp3) is 0.118. The van der Waals surface area contributed by atoms with Gasteiger partial charge in [0.1, 0.15) is 0 Å². The van der Waals surface area contributed by atoms with E-state index in [1.165, 1.54) is 27.1 Å². The van der Waals surface area contributed by atoms with Gasteiger partial charge in [-0.2, -0.15) is 0 Å². The molecule has 0 saturated carbocycles. The first kappa shape index (κ1) is 11.7. The van der Waals surface area contributed by atoms with Crippen molar-refractivity contribution in [2.45, 2.75) is 6.42 Å². The molecular weight excluding hydrogens is 236 g/mol. The Hall–Kier alpha value is -2.35. The molecule has 0 aliphatic carbocycles. The van der Waals surface area contributed by atoms with Gasteiger partial charge in [0.2, 0.25) is 0 Å². The van der Waals surface area contributed by atoms with Gasteiger partial charge in [0.15, 0.2) is 0 Å². The van der Waals surface area contributed by atoms with Crippen molar-refractivity contribution in [2.24, 2.45) is 0 Å². The molecule has 2 heteroatoms. The number of hydrogen-bond donors (Lipinski definition) is 0. The minimum Gasteiger partial charge on any atom is -0.468 e. The molecule has 0 N–H and O–H groups in total. The van der Waals surface area contributed by atoms with Crippen molar-refractivity contribution in [3.63, 3.8) is 0 Å². The number of rotatable bonds is 4. The minimum absolute atomic E-state index is 0.418. The monoisotopic (exact) mass is 250 g/mol. The highest BCUT2D eigenvalue weighted by molar-refractivity contribution is 6.02. The lowest BCUT2D eigenvalue weighted by Gasteiger charge is -2.11. The van der Waals surface area contributed by atoms with Gasteiger partial charge in [-0.05, 0) is 33.2 Å². The highest BCUT2D eigenvalue weighted by Gasteiger charge is 2.06. The highest BCUT2D eigenvalue weighted by Crippen LogP contribution is 2.28. The normalized spacial score (nSPS) is 10.7. The lowest BCUT2D eigenvalue weighted by molar-refractivity contribution is -0.128. The van der Waals surface area contributed by atoms with Crippen LogP contribution >= 0.6 is 0 Å². The molecule has 2 nitrogen and oxygen atoms in total. The van der Waals surface area contributed by atoms with Crippen molar-refractivity contribution in [2.75, 3.05) is 6.61 Å². The predicted molar refractivity (Wildman–Crippen MR) is 77.2 cm³/mol. The first-order valence-corrected chi connectivity index (χ1v) is 6.35. The van der Waals surface area contributed by atoms with Crippen LogP contribution in [0, 0.1) is 0 Å². The number of carbonyl (C=O) groups excluding carboxylic acids is 1. The molecule has 0 saturated heterocycles. The third-order valence-electron chi connectivity index (χ3n) is 3.42. The molecule has 0 atom stereocenters. The summed E-state index contributed by atoms with van der Waals surface area (Å²) in [4.78, 5) is 10.3. The maximum absolute atomic E-state index is 10.3. The van der Waals surface area contributed by atoms with Crippen molar-refractivity contribution in [1.29, 1.82) is 0 Å². The molecule has 0 spiro atoms. The van der Waals surface area contributed by atoms with Gasteiger partial charge in [-0.15, -0.1) is 0 Å². The summed E-state index contributed by atoms with van der Waals surface area (Å²) >= 11 is 0. The van der Waals surface area contributed by atoms with Crippen LogP contribution in [0.25, 0.3) is 21.5 Å². The van der Waals surface area contributed by atoms with Crippen LogP contribution in [0.2, 0.25) is 0 Å². The minimum atomic E-state index is 0.418. The number of hydrogen-bond acceptors (Lipinski definition) is 2. The maximum atomic E-state index is 10.3. The van der Waals surface area contributed by atoms with E-state index in [0.717, 1.165) is 6.42 Å². The van der Waals surface area contributed by atoms with Crippen molar-refractivity contribution in [3.8, 4) is 0 Å². The second kappa shape index (κ2) is 5.11. The number of carbonyl (C=O) groups is 1. The Morgan fingerprint density at radius 3 is 2.05 bits per heavy atom. The SMILES string of the molecule is O=COCCc1c2ccccc2cc2ccccc12. The zero-order chi connectivity index (χ0) is 13.1. The van der Waals surface area contributed by atoms with Crippen LogP contribution in [0.3, 0.4) is 0 Å². The van der Waals surface area contributed by atoms with Gasteiger partial charge in [-0.3, -0.25) is 4.79 Å². The second-order valence-electron chi connectivity index (χ2n) is 4.51. The van der Waals surface area contributed by atoms with E-state index < -0.39 is 0 Å².